The lowest BCUT2D eigenvalue weighted by molar-refractivity contribution is 0.0729. The Morgan fingerprint density at radius 1 is 1.06 bits per heavy atom. The molecule has 3 aromatic rings. The maximum atomic E-state index is 6.68. The molecule has 1 heterocycles. The highest BCUT2D eigenvalue weighted by atomic mass is 32.2. The number of hydrogen-bond acceptors (Lipinski definition) is 6. The average molecular weight is 524 g/mol. The van der Waals surface area contributed by atoms with Crippen molar-refractivity contribution >= 4 is 42.6 Å². The van der Waals surface area contributed by atoms with Crippen LogP contribution in [0.1, 0.15) is 57.6 Å². The average Bonchev–Trinajstić information content (AvgIpc) is 2.82. The lowest BCUT2D eigenvalue weighted by Gasteiger charge is -2.41. The molecular weight excluding hydrogens is 482 g/mol. The molecule has 0 aliphatic heterocycles. The zero-order chi connectivity index (χ0) is 25.9. The van der Waals surface area contributed by atoms with Crippen LogP contribution >= 0.6 is 11.8 Å². The summed E-state index contributed by atoms with van der Waals surface area (Å²) in [5.74, 6) is 2.45. The minimum atomic E-state index is -1.75. The Kier molecular flexibility index (Phi) is 8.32. The number of ether oxygens (including phenoxy) is 1. The number of nitrogens with zero attached hydrogens (tertiary/aromatic N) is 2. The largest absolute Gasteiger partial charge is 0.488 e. The van der Waals surface area contributed by atoms with Crippen molar-refractivity contribution in [3.05, 3.63) is 53.7 Å². The lowest BCUT2D eigenvalue weighted by Crippen LogP contribution is -2.45. The van der Waals surface area contributed by atoms with Gasteiger partial charge in [-0.25, -0.2) is 9.97 Å². The van der Waals surface area contributed by atoms with Crippen LogP contribution in [0, 0.1) is 6.92 Å². The van der Waals surface area contributed by atoms with E-state index in [0.717, 1.165) is 59.3 Å². The standard InChI is InChI=1S/C29H41N3O2SSi/c1-20-11-12-22-18-30-28(31-23-10-8-9-21(17-23)19-35-5)32-26(22)27(20)33-24-13-15-25(16-14-24)34-36(6,7)29(2,3)4/h8-12,17-18,24-25H,13-16,19H2,1-7H3,(H,30,31,32). The quantitative estimate of drug-likeness (QED) is 0.300. The van der Waals surface area contributed by atoms with Gasteiger partial charge in [-0.05, 0) is 80.3 Å². The van der Waals surface area contributed by atoms with E-state index in [1.165, 1.54) is 5.56 Å². The van der Waals surface area contributed by atoms with Crippen molar-refractivity contribution in [1.29, 1.82) is 0 Å². The van der Waals surface area contributed by atoms with Crippen LogP contribution in [0.3, 0.4) is 0 Å². The monoisotopic (exact) mass is 523 g/mol. The van der Waals surface area contributed by atoms with Crippen molar-refractivity contribution in [1.82, 2.24) is 9.97 Å². The molecule has 194 valence electrons. The summed E-state index contributed by atoms with van der Waals surface area (Å²) in [6, 6.07) is 12.6. The van der Waals surface area contributed by atoms with Crippen LogP contribution in [0.4, 0.5) is 11.6 Å². The molecule has 0 unspecified atom stereocenters. The molecule has 1 aromatic heterocycles. The molecule has 36 heavy (non-hydrogen) atoms. The van der Waals surface area contributed by atoms with Crippen LogP contribution in [-0.2, 0) is 10.2 Å². The molecule has 7 heteroatoms. The fraction of sp³-hybridized carbons (Fsp3) is 0.517. The van der Waals surface area contributed by atoms with E-state index in [1.54, 1.807) is 0 Å². The van der Waals surface area contributed by atoms with Gasteiger partial charge in [0.2, 0.25) is 5.95 Å². The summed E-state index contributed by atoms with van der Waals surface area (Å²) in [6.07, 6.45) is 8.64. The first-order valence-corrected chi connectivity index (χ1v) is 17.3. The highest BCUT2D eigenvalue weighted by molar-refractivity contribution is 7.97. The molecule has 1 aliphatic rings. The number of anilines is 2. The van der Waals surface area contributed by atoms with E-state index in [0.29, 0.717) is 12.1 Å². The zero-order valence-corrected chi connectivity index (χ0v) is 24.7. The number of rotatable bonds is 8. The van der Waals surface area contributed by atoms with Crippen molar-refractivity contribution < 1.29 is 9.16 Å². The summed E-state index contributed by atoms with van der Waals surface area (Å²) in [5.41, 5.74) is 4.25. The topological polar surface area (TPSA) is 56.3 Å². The lowest BCUT2D eigenvalue weighted by atomic mass is 9.95. The van der Waals surface area contributed by atoms with E-state index in [9.17, 15) is 0 Å². The smallest absolute Gasteiger partial charge is 0.227 e. The summed E-state index contributed by atoms with van der Waals surface area (Å²) in [7, 11) is -1.75. The van der Waals surface area contributed by atoms with Crippen LogP contribution in [0.2, 0.25) is 18.1 Å². The Morgan fingerprint density at radius 3 is 2.47 bits per heavy atom. The Morgan fingerprint density at radius 2 is 1.78 bits per heavy atom. The van der Waals surface area contributed by atoms with Gasteiger partial charge in [-0.15, -0.1) is 0 Å². The first-order valence-electron chi connectivity index (χ1n) is 13.0. The molecule has 0 amide bonds. The number of aromatic nitrogens is 2. The summed E-state index contributed by atoms with van der Waals surface area (Å²) in [5, 5.41) is 4.62. The summed E-state index contributed by atoms with van der Waals surface area (Å²) in [6.45, 7) is 13.7. The predicted octanol–water partition coefficient (Wildman–Crippen LogP) is 8.26. The van der Waals surface area contributed by atoms with Gasteiger partial charge in [0.25, 0.3) is 0 Å². The number of thioether (sulfide) groups is 1. The van der Waals surface area contributed by atoms with E-state index in [-0.39, 0.29) is 11.1 Å². The maximum Gasteiger partial charge on any atom is 0.227 e. The molecule has 0 spiro atoms. The van der Waals surface area contributed by atoms with Gasteiger partial charge in [0.1, 0.15) is 11.3 Å². The number of fused-ring (bicyclic) bond motifs is 1. The van der Waals surface area contributed by atoms with Crippen molar-refractivity contribution in [3.63, 3.8) is 0 Å². The van der Waals surface area contributed by atoms with Crippen molar-refractivity contribution in [2.45, 2.75) is 89.5 Å². The Bertz CT molecular complexity index is 1190. The molecule has 4 rings (SSSR count). The van der Waals surface area contributed by atoms with Crippen LogP contribution < -0.4 is 10.1 Å². The first kappa shape index (κ1) is 27.0. The molecule has 1 N–H and O–H groups in total. The third-order valence-electron chi connectivity index (χ3n) is 7.57. The van der Waals surface area contributed by atoms with Gasteiger partial charge in [0, 0.05) is 29.1 Å². The minimum Gasteiger partial charge on any atom is -0.488 e. The third kappa shape index (κ3) is 6.42. The molecule has 1 saturated carbocycles. The number of hydrogen-bond donors (Lipinski definition) is 1. The Labute approximate surface area is 221 Å². The van der Waals surface area contributed by atoms with Crippen molar-refractivity contribution in [2.24, 2.45) is 0 Å². The third-order valence-corrected chi connectivity index (χ3v) is 12.7. The van der Waals surface area contributed by atoms with Gasteiger partial charge < -0.3 is 14.5 Å². The van der Waals surface area contributed by atoms with Crippen LogP contribution in [-0.4, -0.2) is 36.7 Å². The molecule has 1 fully saturated rings. The van der Waals surface area contributed by atoms with Gasteiger partial charge in [0.05, 0.1) is 6.10 Å². The molecule has 5 nitrogen and oxygen atoms in total. The van der Waals surface area contributed by atoms with Gasteiger partial charge in [-0.1, -0.05) is 45.0 Å². The van der Waals surface area contributed by atoms with Crippen molar-refractivity contribution in [3.8, 4) is 5.75 Å². The summed E-state index contributed by atoms with van der Waals surface area (Å²) in [4.78, 5) is 9.45. The molecule has 0 radical (unpaired) electrons. The maximum absolute atomic E-state index is 6.68. The molecule has 0 saturated heterocycles. The molecule has 0 atom stereocenters. The SMILES string of the molecule is CSCc1cccc(Nc2ncc3ccc(C)c(OC4CCC(O[Si](C)(C)C(C)(C)C)CC4)c3n2)c1. The van der Waals surface area contributed by atoms with Gasteiger partial charge in [0.15, 0.2) is 8.32 Å². The second kappa shape index (κ2) is 11.1. The van der Waals surface area contributed by atoms with Crippen molar-refractivity contribution in [2.75, 3.05) is 11.6 Å². The van der Waals surface area contributed by atoms with E-state index in [4.69, 9.17) is 14.1 Å². The van der Waals surface area contributed by atoms with E-state index >= 15 is 0 Å². The predicted molar refractivity (Wildman–Crippen MR) is 156 cm³/mol. The van der Waals surface area contributed by atoms with E-state index in [1.807, 2.05) is 18.0 Å². The van der Waals surface area contributed by atoms with Gasteiger partial charge in [-0.3, -0.25) is 0 Å². The number of aryl methyl sites for hydroxylation is 1. The molecule has 2 aromatic carbocycles. The molecular formula is C29H41N3O2SSi. The van der Waals surface area contributed by atoms with Gasteiger partial charge in [-0.2, -0.15) is 11.8 Å². The summed E-state index contributed by atoms with van der Waals surface area (Å²) >= 11 is 1.81. The zero-order valence-electron chi connectivity index (χ0n) is 22.9. The highest BCUT2D eigenvalue weighted by Crippen LogP contribution is 2.40. The second-order valence-corrected chi connectivity index (χ2v) is 17.1. The Balaban J connectivity index is 1.48. The van der Waals surface area contributed by atoms with Crippen LogP contribution in [0.5, 0.6) is 5.75 Å². The fourth-order valence-corrected chi connectivity index (χ4v) is 6.38. The normalized spacial score (nSPS) is 18.9. The number of benzene rings is 2. The second-order valence-electron chi connectivity index (χ2n) is 11.5. The van der Waals surface area contributed by atoms with E-state index in [2.05, 4.69) is 93.7 Å². The Hall–Kier alpha value is -2.09. The van der Waals surface area contributed by atoms with Crippen LogP contribution in [0.25, 0.3) is 10.9 Å². The fourth-order valence-electron chi connectivity index (χ4n) is 4.44. The number of nitrogens with one attached hydrogen (secondary N) is 1. The van der Waals surface area contributed by atoms with E-state index < -0.39 is 8.32 Å². The first-order chi connectivity index (χ1) is 17.1. The van der Waals surface area contributed by atoms with Crippen LogP contribution in [0.15, 0.2) is 42.6 Å². The van der Waals surface area contributed by atoms with Gasteiger partial charge >= 0.3 is 0 Å². The highest BCUT2D eigenvalue weighted by Gasteiger charge is 2.40. The minimum absolute atomic E-state index is 0.183. The molecule has 0 bridgehead atoms. The summed E-state index contributed by atoms with van der Waals surface area (Å²) < 4.78 is 13.3. The molecule has 1 aliphatic carbocycles.